The van der Waals surface area contributed by atoms with Crippen LogP contribution in [-0.4, -0.2) is 16.6 Å². The van der Waals surface area contributed by atoms with Crippen LogP contribution in [0.25, 0.3) is 0 Å². The molecule has 2 rings (SSSR count). The van der Waals surface area contributed by atoms with Gasteiger partial charge in [0.05, 0.1) is 10.6 Å². The van der Waals surface area contributed by atoms with Crippen LogP contribution in [0.15, 0.2) is 24.3 Å². The number of alkyl halides is 3. The zero-order chi connectivity index (χ0) is 17.4. The summed E-state index contributed by atoms with van der Waals surface area (Å²) in [5, 5.41) is 2.60. The monoisotopic (exact) mass is 343 g/mol. The minimum Gasteiger partial charge on any atom is -0.349 e. The van der Waals surface area contributed by atoms with Crippen molar-refractivity contribution in [3.05, 3.63) is 29.8 Å². The predicted octanol–water partition coefficient (Wildman–Crippen LogP) is 4.02. The average Bonchev–Trinajstić information content (AvgIpc) is 2.35. The topological polar surface area (TPSA) is 46.2 Å². The van der Waals surface area contributed by atoms with Gasteiger partial charge in [-0.2, -0.15) is 13.2 Å². The van der Waals surface area contributed by atoms with Crippen molar-refractivity contribution < 1.29 is 22.8 Å². The molecule has 7 heteroatoms. The van der Waals surface area contributed by atoms with Crippen molar-refractivity contribution in [2.45, 2.75) is 32.9 Å². The fraction of sp³-hybridized carbons (Fsp3) is 0.438. The average molecular weight is 343 g/mol. The molecule has 0 unspecified atom stereocenters. The number of Topliss-reactive ketones (excluding diaryl/α,β-unsaturated/α-hetero) is 2. The molecule has 1 aromatic rings. The molecule has 0 bridgehead atoms. The second kappa shape index (κ2) is 6.03. The third-order valence-electron chi connectivity index (χ3n) is 3.67. The molecule has 1 aliphatic carbocycles. The lowest BCUT2D eigenvalue weighted by Crippen LogP contribution is -2.43. The van der Waals surface area contributed by atoms with E-state index in [4.69, 9.17) is 12.2 Å². The summed E-state index contributed by atoms with van der Waals surface area (Å²) in [5.41, 5.74) is -1.13. The predicted molar refractivity (Wildman–Crippen MR) is 84.2 cm³/mol. The summed E-state index contributed by atoms with van der Waals surface area (Å²) in [7, 11) is 0. The van der Waals surface area contributed by atoms with Crippen molar-refractivity contribution in [2.75, 3.05) is 5.32 Å². The van der Waals surface area contributed by atoms with Gasteiger partial charge in [0.2, 0.25) is 0 Å². The van der Waals surface area contributed by atoms with Crippen LogP contribution in [0.1, 0.15) is 32.3 Å². The first-order chi connectivity index (χ1) is 10.5. The van der Waals surface area contributed by atoms with Crippen LogP contribution in [-0.2, 0) is 15.8 Å². The first-order valence-corrected chi connectivity index (χ1v) is 7.44. The van der Waals surface area contributed by atoms with Gasteiger partial charge in [-0.25, -0.2) is 0 Å². The van der Waals surface area contributed by atoms with Crippen LogP contribution in [0.2, 0.25) is 0 Å². The molecule has 124 valence electrons. The Bertz CT molecular complexity index is 648. The van der Waals surface area contributed by atoms with Crippen molar-refractivity contribution in [1.29, 1.82) is 0 Å². The van der Waals surface area contributed by atoms with Gasteiger partial charge in [0.25, 0.3) is 0 Å². The normalized spacial score (nSPS) is 18.8. The van der Waals surface area contributed by atoms with Gasteiger partial charge < -0.3 is 5.32 Å². The Kier molecular flexibility index (Phi) is 4.61. The minimum atomic E-state index is -4.47. The minimum absolute atomic E-state index is 0.0465. The highest BCUT2D eigenvalue weighted by molar-refractivity contribution is 7.80. The first-order valence-electron chi connectivity index (χ1n) is 7.03. The summed E-state index contributed by atoms with van der Waals surface area (Å²) in [6, 6.07) is 4.48. The Morgan fingerprint density at radius 3 is 2.30 bits per heavy atom. The van der Waals surface area contributed by atoms with Crippen molar-refractivity contribution in [3.8, 4) is 0 Å². The third kappa shape index (κ3) is 4.16. The molecule has 1 N–H and O–H groups in total. The first kappa shape index (κ1) is 17.6. The summed E-state index contributed by atoms with van der Waals surface area (Å²) in [6.07, 6.45) is -4.04. The molecule has 0 amide bonds. The standard InChI is InChI=1S/C16H16F3NO2S/c1-15(2)7-11(21)13(12(22)8-15)14(23)20-10-5-3-4-9(6-10)16(17,18)19/h3-6,13H,7-8H2,1-2H3,(H,20,23). The molecule has 0 radical (unpaired) electrons. The lowest BCUT2D eigenvalue weighted by molar-refractivity contribution is -0.138. The Balaban J connectivity index is 2.17. The van der Waals surface area contributed by atoms with Crippen LogP contribution in [0.5, 0.6) is 0 Å². The van der Waals surface area contributed by atoms with Gasteiger partial charge in [0.1, 0.15) is 5.92 Å². The van der Waals surface area contributed by atoms with Gasteiger partial charge >= 0.3 is 6.18 Å². The smallest absolute Gasteiger partial charge is 0.349 e. The van der Waals surface area contributed by atoms with E-state index in [-0.39, 0.29) is 35.1 Å². The molecule has 1 aromatic carbocycles. The van der Waals surface area contributed by atoms with E-state index >= 15 is 0 Å². The molecular formula is C16H16F3NO2S. The Hall–Kier alpha value is -1.76. The SMILES string of the molecule is CC1(C)CC(=O)C(C(=S)Nc2cccc(C(F)(F)F)c2)C(=O)C1. The van der Waals surface area contributed by atoms with Crippen molar-refractivity contribution >= 4 is 34.5 Å². The summed E-state index contributed by atoms with van der Waals surface area (Å²) in [5.74, 6) is -1.67. The van der Waals surface area contributed by atoms with E-state index in [1.807, 2.05) is 13.8 Å². The van der Waals surface area contributed by atoms with Crippen LogP contribution >= 0.6 is 12.2 Å². The van der Waals surface area contributed by atoms with Crippen molar-refractivity contribution in [3.63, 3.8) is 0 Å². The molecule has 1 saturated carbocycles. The molecule has 1 aliphatic rings. The second-order valence-corrected chi connectivity index (χ2v) is 6.89. The van der Waals surface area contributed by atoms with E-state index < -0.39 is 23.1 Å². The van der Waals surface area contributed by atoms with E-state index in [0.29, 0.717) is 0 Å². The van der Waals surface area contributed by atoms with Gasteiger partial charge in [-0.15, -0.1) is 0 Å². The fourth-order valence-corrected chi connectivity index (χ4v) is 3.05. The third-order valence-corrected chi connectivity index (χ3v) is 4.01. The quantitative estimate of drug-likeness (QED) is 0.651. The molecule has 0 atom stereocenters. The summed E-state index contributed by atoms with van der Waals surface area (Å²) in [6.45, 7) is 3.64. The van der Waals surface area contributed by atoms with E-state index in [9.17, 15) is 22.8 Å². The summed E-state index contributed by atoms with van der Waals surface area (Å²) >= 11 is 5.09. The summed E-state index contributed by atoms with van der Waals surface area (Å²) in [4.78, 5) is 24.3. The van der Waals surface area contributed by atoms with Crippen LogP contribution < -0.4 is 5.32 Å². The van der Waals surface area contributed by atoms with Gasteiger partial charge in [-0.1, -0.05) is 32.1 Å². The van der Waals surface area contributed by atoms with Crippen molar-refractivity contribution in [1.82, 2.24) is 0 Å². The van der Waals surface area contributed by atoms with Crippen LogP contribution in [0.4, 0.5) is 18.9 Å². The summed E-state index contributed by atoms with van der Waals surface area (Å²) < 4.78 is 38.1. The number of anilines is 1. The number of thiocarbonyl (C=S) groups is 1. The second-order valence-electron chi connectivity index (χ2n) is 6.45. The van der Waals surface area contributed by atoms with E-state index in [2.05, 4.69) is 5.32 Å². The maximum absolute atomic E-state index is 12.7. The van der Waals surface area contributed by atoms with Crippen molar-refractivity contribution in [2.24, 2.45) is 11.3 Å². The zero-order valence-corrected chi connectivity index (χ0v) is 13.5. The lowest BCUT2D eigenvalue weighted by Gasteiger charge is -2.32. The molecule has 1 fully saturated rings. The number of hydrogen-bond acceptors (Lipinski definition) is 3. The highest BCUT2D eigenvalue weighted by Crippen LogP contribution is 2.35. The van der Waals surface area contributed by atoms with Gasteiger partial charge in [-0.05, 0) is 23.6 Å². The largest absolute Gasteiger partial charge is 0.416 e. The van der Waals surface area contributed by atoms with E-state index in [1.54, 1.807) is 0 Å². The molecule has 0 saturated heterocycles. The maximum atomic E-state index is 12.7. The van der Waals surface area contributed by atoms with Crippen LogP contribution in [0.3, 0.4) is 0 Å². The Morgan fingerprint density at radius 1 is 1.22 bits per heavy atom. The Labute approximate surface area is 137 Å². The number of rotatable bonds is 2. The van der Waals surface area contributed by atoms with E-state index in [1.165, 1.54) is 12.1 Å². The molecule has 23 heavy (non-hydrogen) atoms. The molecule has 3 nitrogen and oxygen atoms in total. The number of hydrogen-bond donors (Lipinski definition) is 1. The number of halogens is 3. The van der Waals surface area contributed by atoms with Crippen LogP contribution in [0, 0.1) is 11.3 Å². The number of benzene rings is 1. The number of ketones is 2. The molecule has 0 aromatic heterocycles. The number of carbonyl (C=O) groups excluding carboxylic acids is 2. The molecule has 0 aliphatic heterocycles. The number of carbonyl (C=O) groups is 2. The van der Waals surface area contributed by atoms with Gasteiger partial charge in [0, 0.05) is 18.5 Å². The Morgan fingerprint density at radius 2 is 1.78 bits per heavy atom. The molecule has 0 spiro atoms. The zero-order valence-electron chi connectivity index (χ0n) is 12.7. The molecular weight excluding hydrogens is 327 g/mol. The number of nitrogens with one attached hydrogen (secondary N) is 1. The van der Waals surface area contributed by atoms with Gasteiger partial charge in [-0.3, -0.25) is 9.59 Å². The maximum Gasteiger partial charge on any atom is 0.416 e. The fourth-order valence-electron chi connectivity index (χ4n) is 2.67. The molecule has 0 heterocycles. The van der Waals surface area contributed by atoms with Gasteiger partial charge in [0.15, 0.2) is 11.6 Å². The lowest BCUT2D eigenvalue weighted by atomic mass is 9.71. The van der Waals surface area contributed by atoms with E-state index in [0.717, 1.165) is 12.1 Å². The highest BCUT2D eigenvalue weighted by Gasteiger charge is 2.41. The highest BCUT2D eigenvalue weighted by atomic mass is 32.1.